The van der Waals surface area contributed by atoms with Gasteiger partial charge in [0.2, 0.25) is 0 Å². The molecule has 0 fully saturated rings. The van der Waals surface area contributed by atoms with Crippen molar-refractivity contribution in [2.24, 2.45) is 5.92 Å². The van der Waals surface area contributed by atoms with Gasteiger partial charge in [0.1, 0.15) is 0 Å². The number of carbonyl (C=O) groups excluding carboxylic acids is 2. The second kappa shape index (κ2) is 38.3. The van der Waals surface area contributed by atoms with Crippen LogP contribution in [0.15, 0.2) is 24.3 Å². The first-order chi connectivity index (χ1) is 23.0. The third-order valence-electron chi connectivity index (χ3n) is 9.08. The van der Waals surface area contributed by atoms with E-state index >= 15 is 0 Å². The summed E-state index contributed by atoms with van der Waals surface area (Å²) in [5.41, 5.74) is 0. The van der Waals surface area contributed by atoms with Crippen LogP contribution in [0.2, 0.25) is 0 Å². The van der Waals surface area contributed by atoms with Gasteiger partial charge in [0.25, 0.3) is 0 Å². The van der Waals surface area contributed by atoms with Crippen molar-refractivity contribution in [1.82, 2.24) is 4.90 Å². The average Bonchev–Trinajstić information content (AvgIpc) is 3.05. The van der Waals surface area contributed by atoms with Crippen LogP contribution in [0.25, 0.3) is 0 Å². The Morgan fingerprint density at radius 2 is 0.872 bits per heavy atom. The quantitative estimate of drug-likeness (QED) is 0.0482. The van der Waals surface area contributed by atoms with Gasteiger partial charge < -0.3 is 4.90 Å². The fourth-order valence-corrected chi connectivity index (χ4v) is 7.60. The van der Waals surface area contributed by atoms with Crippen LogP contribution in [0, 0.1) is 5.92 Å². The number of allylic oxidation sites excluding steroid dienone is 4. The first-order valence-corrected chi connectivity index (χ1v) is 22.2. The van der Waals surface area contributed by atoms with Crippen molar-refractivity contribution in [3.8, 4) is 0 Å². The molecule has 0 radical (unpaired) electrons. The average molecular weight is 694 g/mol. The first kappa shape index (κ1) is 46.5. The summed E-state index contributed by atoms with van der Waals surface area (Å²) < 4.78 is 0. The van der Waals surface area contributed by atoms with E-state index in [9.17, 15) is 9.59 Å². The van der Waals surface area contributed by atoms with Gasteiger partial charge in [0.15, 0.2) is 10.2 Å². The van der Waals surface area contributed by atoms with Crippen LogP contribution < -0.4 is 0 Å². The fraction of sp³-hybridized carbons (Fsp3) is 0.857. The number of hydrogen-bond donors (Lipinski definition) is 0. The molecule has 0 bridgehead atoms. The van der Waals surface area contributed by atoms with Gasteiger partial charge in [-0.05, 0) is 84.3 Å². The predicted octanol–water partition coefficient (Wildman–Crippen LogP) is 13.8. The highest BCUT2D eigenvalue weighted by molar-refractivity contribution is 8.13. The van der Waals surface area contributed by atoms with Crippen LogP contribution in [0.1, 0.15) is 194 Å². The van der Waals surface area contributed by atoms with E-state index in [0.717, 1.165) is 55.9 Å². The number of thioether (sulfide) groups is 2. The van der Waals surface area contributed by atoms with Crippen LogP contribution in [-0.2, 0) is 9.59 Å². The second-order valence-corrected chi connectivity index (χ2v) is 16.4. The molecule has 0 aromatic carbocycles. The predicted molar refractivity (Wildman–Crippen MR) is 216 cm³/mol. The van der Waals surface area contributed by atoms with E-state index in [2.05, 4.69) is 57.1 Å². The van der Waals surface area contributed by atoms with Crippen molar-refractivity contribution >= 4 is 33.8 Å². The van der Waals surface area contributed by atoms with E-state index in [1.165, 1.54) is 171 Å². The molecule has 0 unspecified atom stereocenters. The number of unbranched alkanes of at least 4 members (excludes halogenated alkanes) is 16. The molecule has 5 heteroatoms. The highest BCUT2D eigenvalue weighted by atomic mass is 32.2. The fourth-order valence-electron chi connectivity index (χ4n) is 6.06. The van der Waals surface area contributed by atoms with E-state index in [-0.39, 0.29) is 0 Å². The van der Waals surface area contributed by atoms with Crippen molar-refractivity contribution in [2.45, 2.75) is 194 Å². The number of carbonyl (C=O) groups is 2. The molecular formula is C42H79NO2S2. The van der Waals surface area contributed by atoms with Crippen LogP contribution in [0.4, 0.5) is 0 Å². The van der Waals surface area contributed by atoms with Crippen LogP contribution in [-0.4, -0.2) is 47.3 Å². The van der Waals surface area contributed by atoms with E-state index in [1.54, 1.807) is 0 Å². The third-order valence-corrected chi connectivity index (χ3v) is 11.0. The van der Waals surface area contributed by atoms with Gasteiger partial charge in [-0.15, -0.1) is 0 Å². The Bertz CT molecular complexity index is 684. The van der Waals surface area contributed by atoms with Gasteiger partial charge in [-0.25, -0.2) is 0 Å². The van der Waals surface area contributed by atoms with Crippen molar-refractivity contribution in [3.63, 3.8) is 0 Å². The van der Waals surface area contributed by atoms with Gasteiger partial charge in [-0.1, -0.05) is 171 Å². The molecule has 0 aromatic rings. The summed E-state index contributed by atoms with van der Waals surface area (Å²) >= 11 is 3.08. The van der Waals surface area contributed by atoms with Gasteiger partial charge in [0.05, 0.1) is 0 Å². The molecule has 0 rings (SSSR count). The Labute approximate surface area is 303 Å². The Kier molecular flexibility index (Phi) is 37.9. The summed E-state index contributed by atoms with van der Waals surface area (Å²) in [7, 11) is 4.35. The lowest BCUT2D eigenvalue weighted by Gasteiger charge is -2.17. The molecule has 0 amide bonds. The van der Waals surface area contributed by atoms with Crippen LogP contribution in [0.3, 0.4) is 0 Å². The monoisotopic (exact) mass is 694 g/mol. The zero-order valence-electron chi connectivity index (χ0n) is 31.9. The zero-order valence-corrected chi connectivity index (χ0v) is 33.5. The highest BCUT2D eigenvalue weighted by Crippen LogP contribution is 2.25. The summed E-state index contributed by atoms with van der Waals surface area (Å²) in [5, 5.41) is 0.779. The minimum Gasteiger partial charge on any atom is -0.309 e. The molecule has 0 saturated carbocycles. The van der Waals surface area contributed by atoms with E-state index in [1.807, 2.05) is 0 Å². The maximum atomic E-state index is 12.2. The number of nitrogens with zero attached hydrogens (tertiary/aromatic N) is 1. The molecule has 0 saturated heterocycles. The normalized spacial score (nSPS) is 12.0. The van der Waals surface area contributed by atoms with Gasteiger partial charge >= 0.3 is 0 Å². The molecule has 0 atom stereocenters. The Hall–Kier alpha value is -0.520. The van der Waals surface area contributed by atoms with E-state index in [0.29, 0.717) is 10.2 Å². The summed E-state index contributed by atoms with van der Waals surface area (Å²) in [5.74, 6) is 2.76. The first-order valence-electron chi connectivity index (χ1n) is 20.3. The van der Waals surface area contributed by atoms with Crippen molar-refractivity contribution in [3.05, 3.63) is 24.3 Å². The lowest BCUT2D eigenvalue weighted by Crippen LogP contribution is -2.12. The largest absolute Gasteiger partial charge is 0.309 e. The molecule has 0 aliphatic rings. The SMILES string of the molecule is CCCCC/C=C\CCSC(=O)CCCCCCCC(CCCCCCCC(=O)SCC/C=C\CCCCC)CCCCCN(C)C. The number of rotatable bonds is 36. The summed E-state index contributed by atoms with van der Waals surface area (Å²) in [4.78, 5) is 26.7. The van der Waals surface area contributed by atoms with Crippen molar-refractivity contribution in [2.75, 3.05) is 32.1 Å². The molecule has 47 heavy (non-hydrogen) atoms. The van der Waals surface area contributed by atoms with Gasteiger partial charge in [0, 0.05) is 24.3 Å². The number of hydrogen-bond acceptors (Lipinski definition) is 5. The van der Waals surface area contributed by atoms with Crippen LogP contribution in [0.5, 0.6) is 0 Å². The van der Waals surface area contributed by atoms with E-state index in [4.69, 9.17) is 0 Å². The van der Waals surface area contributed by atoms with Gasteiger partial charge in [-0.2, -0.15) is 0 Å². The summed E-state index contributed by atoms with van der Waals surface area (Å²) in [6.45, 7) is 5.69. The van der Waals surface area contributed by atoms with Crippen molar-refractivity contribution in [1.29, 1.82) is 0 Å². The summed E-state index contributed by atoms with van der Waals surface area (Å²) in [6, 6.07) is 0. The lowest BCUT2D eigenvalue weighted by atomic mass is 9.89. The third kappa shape index (κ3) is 38.1. The van der Waals surface area contributed by atoms with E-state index < -0.39 is 0 Å². The molecule has 0 heterocycles. The Morgan fingerprint density at radius 3 is 1.30 bits per heavy atom. The molecule has 0 aromatic heterocycles. The standard InChI is InChI=1S/C42H79NO2S2/c1-5-7-9-11-13-21-30-38-46-41(44)35-27-19-15-17-24-32-40(34-26-23-29-37-43(3)4)33-25-18-16-20-28-36-42(45)47-39-31-22-14-12-10-8-6-2/h13-14,21-22,40H,5-12,15-20,23-39H2,1-4H3/b21-13-,22-14-. The highest BCUT2D eigenvalue weighted by Gasteiger charge is 2.10. The van der Waals surface area contributed by atoms with Gasteiger partial charge in [-0.3, -0.25) is 9.59 Å². The molecule has 0 N–H and O–H groups in total. The smallest absolute Gasteiger partial charge is 0.188 e. The molecule has 0 aliphatic heterocycles. The van der Waals surface area contributed by atoms with Crippen molar-refractivity contribution < 1.29 is 9.59 Å². The molecule has 0 spiro atoms. The molecule has 0 aliphatic carbocycles. The minimum absolute atomic E-state index is 0.390. The lowest BCUT2D eigenvalue weighted by molar-refractivity contribution is -0.111. The minimum atomic E-state index is 0.390. The zero-order chi connectivity index (χ0) is 34.5. The summed E-state index contributed by atoms with van der Waals surface area (Å²) in [6.07, 6.45) is 43.5. The topological polar surface area (TPSA) is 37.4 Å². The molecule has 276 valence electrons. The Morgan fingerprint density at radius 1 is 0.489 bits per heavy atom. The molecule has 3 nitrogen and oxygen atoms in total. The maximum Gasteiger partial charge on any atom is 0.188 e. The molecular weight excluding hydrogens is 615 g/mol. The van der Waals surface area contributed by atoms with Crippen LogP contribution >= 0.6 is 23.5 Å². The second-order valence-electron chi connectivity index (χ2n) is 14.1. The Balaban J connectivity index is 3.98. The maximum absolute atomic E-state index is 12.2.